The van der Waals surface area contributed by atoms with Crippen LogP contribution in [0.5, 0.6) is 0 Å². The van der Waals surface area contributed by atoms with E-state index in [1.165, 1.54) is 6.20 Å². The van der Waals surface area contributed by atoms with Crippen molar-refractivity contribution in [2.45, 2.75) is 6.92 Å². The SMILES string of the molecule is CC(C#N)CNc1nc2ccccn2c(=O)c1[N+](=O)[O-]. The van der Waals surface area contributed by atoms with Gasteiger partial charge < -0.3 is 5.32 Å². The number of anilines is 1. The Labute approximate surface area is 113 Å². The topological polar surface area (TPSA) is 113 Å². The molecular weight excluding hydrogens is 262 g/mol. The van der Waals surface area contributed by atoms with Gasteiger partial charge in [0.15, 0.2) is 0 Å². The number of fused-ring (bicyclic) bond motifs is 1. The zero-order valence-corrected chi connectivity index (χ0v) is 10.6. The van der Waals surface area contributed by atoms with Crippen molar-refractivity contribution in [1.82, 2.24) is 9.38 Å². The Morgan fingerprint density at radius 1 is 1.60 bits per heavy atom. The van der Waals surface area contributed by atoms with Crippen LogP contribution in [-0.4, -0.2) is 20.9 Å². The molecular formula is C12H11N5O3. The number of aromatic nitrogens is 2. The molecule has 0 saturated heterocycles. The molecule has 0 spiro atoms. The molecule has 2 aromatic heterocycles. The first kappa shape index (κ1) is 13.5. The van der Waals surface area contributed by atoms with E-state index in [1.807, 2.05) is 6.07 Å². The molecule has 0 aromatic carbocycles. The third-order valence-electron chi connectivity index (χ3n) is 2.69. The normalized spacial score (nSPS) is 11.8. The fourth-order valence-electron chi connectivity index (χ4n) is 1.66. The summed E-state index contributed by atoms with van der Waals surface area (Å²) in [5.74, 6) is -0.473. The maximum Gasteiger partial charge on any atom is 0.376 e. The summed E-state index contributed by atoms with van der Waals surface area (Å²) in [5, 5.41) is 22.4. The molecule has 0 bridgehead atoms. The van der Waals surface area contributed by atoms with Gasteiger partial charge in [-0.25, -0.2) is 4.98 Å². The Balaban J connectivity index is 2.58. The van der Waals surface area contributed by atoms with Crippen LogP contribution in [0.3, 0.4) is 0 Å². The largest absolute Gasteiger partial charge is 0.376 e. The number of hydrogen-bond donors (Lipinski definition) is 1. The molecule has 1 atom stereocenters. The lowest BCUT2D eigenvalue weighted by Gasteiger charge is -2.08. The van der Waals surface area contributed by atoms with Gasteiger partial charge in [-0.05, 0) is 19.1 Å². The van der Waals surface area contributed by atoms with Gasteiger partial charge in [0.2, 0.25) is 5.82 Å². The standard InChI is InChI=1S/C12H11N5O3/c1-8(6-13)7-14-11-10(17(19)20)12(18)16-5-3-2-4-9(16)15-11/h2-5,8,14H,7H2,1H3. The predicted molar refractivity (Wildman–Crippen MR) is 71.4 cm³/mol. The van der Waals surface area contributed by atoms with E-state index in [4.69, 9.17) is 5.26 Å². The second-order valence-electron chi connectivity index (χ2n) is 4.21. The molecule has 2 heterocycles. The van der Waals surface area contributed by atoms with E-state index in [1.54, 1.807) is 25.1 Å². The number of hydrogen-bond acceptors (Lipinski definition) is 6. The lowest BCUT2D eigenvalue weighted by atomic mass is 10.2. The molecule has 0 aliphatic heterocycles. The second-order valence-corrected chi connectivity index (χ2v) is 4.21. The van der Waals surface area contributed by atoms with Crippen molar-refractivity contribution >= 4 is 17.2 Å². The molecule has 1 unspecified atom stereocenters. The van der Waals surface area contributed by atoms with Crippen LogP contribution in [-0.2, 0) is 0 Å². The van der Waals surface area contributed by atoms with Crippen LogP contribution in [0, 0.1) is 27.4 Å². The molecule has 0 aliphatic rings. The van der Waals surface area contributed by atoms with Gasteiger partial charge in [-0.1, -0.05) is 6.07 Å². The first-order chi connectivity index (χ1) is 9.54. The average molecular weight is 273 g/mol. The van der Waals surface area contributed by atoms with Crippen LogP contribution in [0.1, 0.15) is 6.92 Å². The smallest absolute Gasteiger partial charge is 0.363 e. The summed E-state index contributed by atoms with van der Waals surface area (Å²) in [4.78, 5) is 26.4. The number of nitrogens with one attached hydrogen (secondary N) is 1. The summed E-state index contributed by atoms with van der Waals surface area (Å²) in [7, 11) is 0. The highest BCUT2D eigenvalue weighted by molar-refractivity contribution is 5.59. The zero-order chi connectivity index (χ0) is 14.7. The Kier molecular flexibility index (Phi) is 3.61. The van der Waals surface area contributed by atoms with E-state index in [9.17, 15) is 14.9 Å². The zero-order valence-electron chi connectivity index (χ0n) is 10.6. The second kappa shape index (κ2) is 5.36. The van der Waals surface area contributed by atoms with Gasteiger partial charge in [0.1, 0.15) is 5.65 Å². The maximum absolute atomic E-state index is 12.1. The number of pyridine rings is 1. The van der Waals surface area contributed by atoms with Crippen molar-refractivity contribution in [3.63, 3.8) is 0 Å². The molecule has 0 saturated carbocycles. The minimum absolute atomic E-state index is 0.117. The van der Waals surface area contributed by atoms with E-state index in [0.29, 0.717) is 5.65 Å². The monoisotopic (exact) mass is 273 g/mol. The molecule has 0 amide bonds. The highest BCUT2D eigenvalue weighted by Crippen LogP contribution is 2.18. The van der Waals surface area contributed by atoms with Crippen LogP contribution in [0.4, 0.5) is 11.5 Å². The first-order valence-electron chi connectivity index (χ1n) is 5.84. The molecule has 2 rings (SSSR count). The third kappa shape index (κ3) is 2.42. The van der Waals surface area contributed by atoms with Gasteiger partial charge in [-0.3, -0.25) is 19.3 Å². The predicted octanol–water partition coefficient (Wildman–Crippen LogP) is 1.17. The van der Waals surface area contributed by atoms with Crippen molar-refractivity contribution in [2.75, 3.05) is 11.9 Å². The molecule has 20 heavy (non-hydrogen) atoms. The lowest BCUT2D eigenvalue weighted by Crippen LogP contribution is -2.22. The highest BCUT2D eigenvalue weighted by atomic mass is 16.6. The first-order valence-corrected chi connectivity index (χ1v) is 5.84. The van der Waals surface area contributed by atoms with Gasteiger partial charge in [0.05, 0.1) is 16.9 Å². The Bertz CT molecular complexity index is 762. The molecule has 0 aliphatic carbocycles. The van der Waals surface area contributed by atoms with Crippen LogP contribution in [0.25, 0.3) is 5.65 Å². The molecule has 1 N–H and O–H groups in total. The van der Waals surface area contributed by atoms with Crippen molar-refractivity contribution < 1.29 is 4.92 Å². The number of nitriles is 1. The van der Waals surface area contributed by atoms with E-state index in [0.717, 1.165) is 4.40 Å². The van der Waals surface area contributed by atoms with Crippen LogP contribution in [0.15, 0.2) is 29.2 Å². The van der Waals surface area contributed by atoms with Gasteiger partial charge in [-0.2, -0.15) is 5.26 Å². The van der Waals surface area contributed by atoms with Crippen LogP contribution >= 0.6 is 0 Å². The number of rotatable bonds is 4. The summed E-state index contributed by atoms with van der Waals surface area (Å²) in [5.41, 5.74) is -1.08. The van der Waals surface area contributed by atoms with Gasteiger partial charge >= 0.3 is 11.2 Å². The number of nitrogens with zero attached hydrogens (tertiary/aromatic N) is 4. The summed E-state index contributed by atoms with van der Waals surface area (Å²) in [6.45, 7) is 1.83. The summed E-state index contributed by atoms with van der Waals surface area (Å²) in [6, 6.07) is 6.83. The van der Waals surface area contributed by atoms with Crippen molar-refractivity contribution in [1.29, 1.82) is 5.26 Å². The third-order valence-corrected chi connectivity index (χ3v) is 2.69. The fraction of sp³-hybridized carbons (Fsp3) is 0.250. The van der Waals surface area contributed by atoms with Crippen LogP contribution < -0.4 is 10.9 Å². The van der Waals surface area contributed by atoms with Crippen molar-refractivity contribution in [3.05, 3.63) is 44.9 Å². The summed E-state index contributed by atoms with van der Waals surface area (Å²) < 4.78 is 1.11. The van der Waals surface area contributed by atoms with E-state index in [-0.39, 0.29) is 18.3 Å². The fourth-order valence-corrected chi connectivity index (χ4v) is 1.66. The summed E-state index contributed by atoms with van der Waals surface area (Å²) in [6.07, 6.45) is 1.42. The lowest BCUT2D eigenvalue weighted by molar-refractivity contribution is -0.385. The molecule has 0 fully saturated rings. The number of nitro groups is 1. The molecule has 0 radical (unpaired) electrons. The summed E-state index contributed by atoms with van der Waals surface area (Å²) >= 11 is 0. The Morgan fingerprint density at radius 3 is 3.00 bits per heavy atom. The van der Waals surface area contributed by atoms with Crippen molar-refractivity contribution in [2.24, 2.45) is 5.92 Å². The van der Waals surface area contributed by atoms with Crippen LogP contribution in [0.2, 0.25) is 0 Å². The highest BCUT2D eigenvalue weighted by Gasteiger charge is 2.23. The molecule has 8 nitrogen and oxygen atoms in total. The van der Waals surface area contributed by atoms with E-state index < -0.39 is 16.2 Å². The average Bonchev–Trinajstić information content (AvgIpc) is 2.44. The minimum atomic E-state index is -0.770. The molecule has 2 aromatic rings. The van der Waals surface area contributed by atoms with Gasteiger partial charge in [-0.15, -0.1) is 0 Å². The quantitative estimate of drug-likeness (QED) is 0.660. The van der Waals surface area contributed by atoms with E-state index >= 15 is 0 Å². The van der Waals surface area contributed by atoms with E-state index in [2.05, 4.69) is 10.3 Å². The van der Waals surface area contributed by atoms with Gasteiger partial charge in [0.25, 0.3) is 0 Å². The van der Waals surface area contributed by atoms with Crippen molar-refractivity contribution in [3.8, 4) is 6.07 Å². The molecule has 8 heteroatoms. The molecule has 102 valence electrons. The minimum Gasteiger partial charge on any atom is -0.363 e. The maximum atomic E-state index is 12.1. The Morgan fingerprint density at radius 2 is 2.35 bits per heavy atom. The van der Waals surface area contributed by atoms with Gasteiger partial charge in [0, 0.05) is 12.7 Å². The Hall–Kier alpha value is -2.95.